The van der Waals surface area contributed by atoms with Crippen LogP contribution in [0.2, 0.25) is 0 Å². The summed E-state index contributed by atoms with van der Waals surface area (Å²) in [6.07, 6.45) is -0.881. The number of amides is 1. The number of sulfonamides is 1. The number of morpholine rings is 1. The zero-order valence-electron chi connectivity index (χ0n) is 10.6. The molecule has 0 aromatic heterocycles. The molecular weight excluding hydrogens is 268 g/mol. The van der Waals surface area contributed by atoms with Crippen LogP contribution in [0.25, 0.3) is 0 Å². The fourth-order valence-electron chi connectivity index (χ4n) is 1.94. The Labute approximate surface area is 112 Å². The van der Waals surface area contributed by atoms with Gasteiger partial charge in [-0.2, -0.15) is 4.31 Å². The van der Waals surface area contributed by atoms with Crippen molar-refractivity contribution in [1.82, 2.24) is 4.31 Å². The summed E-state index contributed by atoms with van der Waals surface area (Å²) in [6, 6.07) is 6.65. The van der Waals surface area contributed by atoms with E-state index in [4.69, 9.17) is 10.5 Å². The van der Waals surface area contributed by atoms with Crippen molar-refractivity contribution >= 4 is 15.9 Å². The van der Waals surface area contributed by atoms with Crippen LogP contribution < -0.4 is 5.73 Å². The zero-order chi connectivity index (χ0) is 14.0. The normalized spacial score (nSPS) is 21.2. The molecule has 0 radical (unpaired) electrons. The molecule has 2 rings (SSSR count). The van der Waals surface area contributed by atoms with Crippen LogP contribution >= 0.6 is 0 Å². The van der Waals surface area contributed by atoms with E-state index >= 15 is 0 Å². The maximum absolute atomic E-state index is 12.4. The summed E-state index contributed by atoms with van der Waals surface area (Å²) in [5, 5.41) is 0. The van der Waals surface area contributed by atoms with Gasteiger partial charge in [0, 0.05) is 13.1 Å². The molecule has 0 bridgehead atoms. The SMILES string of the molecule is Cc1cccc(S(=O)(=O)N2CCOC(C(N)=O)C2)c1. The predicted octanol–water partition coefficient (Wildman–Crippen LogP) is -0.130. The standard InChI is InChI=1S/C12H16N2O4S/c1-9-3-2-4-10(7-9)19(16,17)14-5-6-18-11(8-14)12(13)15/h2-4,7,11H,5-6,8H2,1H3,(H2,13,15). The third kappa shape index (κ3) is 2.94. The van der Waals surface area contributed by atoms with Gasteiger partial charge in [-0.3, -0.25) is 4.79 Å². The Morgan fingerprint density at radius 1 is 1.47 bits per heavy atom. The second-order valence-corrected chi connectivity index (χ2v) is 6.38. The summed E-state index contributed by atoms with van der Waals surface area (Å²) in [7, 11) is -3.61. The highest BCUT2D eigenvalue weighted by Crippen LogP contribution is 2.19. The number of carbonyl (C=O) groups is 1. The molecule has 0 saturated carbocycles. The monoisotopic (exact) mass is 284 g/mol. The molecule has 1 saturated heterocycles. The number of benzene rings is 1. The highest BCUT2D eigenvalue weighted by atomic mass is 32.2. The summed E-state index contributed by atoms with van der Waals surface area (Å²) in [4.78, 5) is 11.3. The first kappa shape index (κ1) is 14.0. The molecule has 1 aliphatic rings. The number of nitrogens with two attached hydrogens (primary N) is 1. The summed E-state index contributed by atoms with van der Waals surface area (Å²) < 4.78 is 31.2. The average molecular weight is 284 g/mol. The summed E-state index contributed by atoms with van der Waals surface area (Å²) >= 11 is 0. The van der Waals surface area contributed by atoms with Crippen LogP contribution in [-0.2, 0) is 19.6 Å². The van der Waals surface area contributed by atoms with Crippen LogP contribution in [0.3, 0.4) is 0 Å². The van der Waals surface area contributed by atoms with Crippen molar-refractivity contribution < 1.29 is 17.9 Å². The molecule has 2 N–H and O–H groups in total. The van der Waals surface area contributed by atoms with E-state index < -0.39 is 22.0 Å². The van der Waals surface area contributed by atoms with Crippen LogP contribution in [0.4, 0.5) is 0 Å². The maximum Gasteiger partial charge on any atom is 0.247 e. The zero-order valence-corrected chi connectivity index (χ0v) is 11.4. The lowest BCUT2D eigenvalue weighted by atomic mass is 10.2. The van der Waals surface area contributed by atoms with Crippen molar-refractivity contribution in [2.75, 3.05) is 19.7 Å². The smallest absolute Gasteiger partial charge is 0.247 e. The Morgan fingerprint density at radius 2 is 2.21 bits per heavy atom. The number of primary amides is 1. The fraction of sp³-hybridized carbons (Fsp3) is 0.417. The molecule has 1 amide bonds. The molecule has 1 atom stereocenters. The van der Waals surface area contributed by atoms with Gasteiger partial charge in [0.25, 0.3) is 0 Å². The van der Waals surface area contributed by atoms with E-state index in [2.05, 4.69) is 0 Å². The molecule has 1 fully saturated rings. The van der Waals surface area contributed by atoms with Gasteiger partial charge in [-0.1, -0.05) is 12.1 Å². The number of carbonyl (C=O) groups excluding carboxylic acids is 1. The van der Waals surface area contributed by atoms with Gasteiger partial charge in [-0.15, -0.1) is 0 Å². The molecule has 1 heterocycles. The maximum atomic E-state index is 12.4. The Bertz CT molecular complexity index is 585. The van der Waals surface area contributed by atoms with E-state index in [1.807, 2.05) is 13.0 Å². The van der Waals surface area contributed by atoms with Gasteiger partial charge in [0.2, 0.25) is 15.9 Å². The number of hydrogen-bond acceptors (Lipinski definition) is 4. The molecule has 1 unspecified atom stereocenters. The minimum absolute atomic E-state index is 0.0361. The quantitative estimate of drug-likeness (QED) is 0.837. The minimum atomic E-state index is -3.61. The van der Waals surface area contributed by atoms with Crippen LogP contribution in [0.5, 0.6) is 0 Å². The van der Waals surface area contributed by atoms with Crippen LogP contribution in [-0.4, -0.2) is 44.4 Å². The molecule has 1 aromatic rings. The first-order chi connectivity index (χ1) is 8.91. The second-order valence-electron chi connectivity index (χ2n) is 4.44. The molecule has 1 aromatic carbocycles. The van der Waals surface area contributed by atoms with Gasteiger partial charge >= 0.3 is 0 Å². The topological polar surface area (TPSA) is 89.7 Å². The summed E-state index contributed by atoms with van der Waals surface area (Å²) in [6.45, 7) is 2.18. The van der Waals surface area contributed by atoms with Crippen molar-refractivity contribution in [1.29, 1.82) is 0 Å². The number of nitrogens with zero attached hydrogens (tertiary/aromatic N) is 1. The molecular formula is C12H16N2O4S. The molecule has 7 heteroatoms. The lowest BCUT2D eigenvalue weighted by molar-refractivity contribution is -0.132. The lowest BCUT2D eigenvalue weighted by Crippen LogP contribution is -2.50. The van der Waals surface area contributed by atoms with Crippen LogP contribution in [0.1, 0.15) is 5.56 Å². The summed E-state index contributed by atoms with van der Waals surface area (Å²) in [5.41, 5.74) is 6.01. The van der Waals surface area contributed by atoms with E-state index in [9.17, 15) is 13.2 Å². The van der Waals surface area contributed by atoms with Crippen molar-refractivity contribution in [2.24, 2.45) is 5.73 Å². The van der Waals surface area contributed by atoms with Gasteiger partial charge in [0.05, 0.1) is 11.5 Å². The highest BCUT2D eigenvalue weighted by molar-refractivity contribution is 7.89. The third-order valence-electron chi connectivity index (χ3n) is 2.97. The molecule has 6 nitrogen and oxygen atoms in total. The summed E-state index contributed by atoms with van der Waals surface area (Å²) in [5.74, 6) is -0.649. The number of ether oxygens (including phenoxy) is 1. The fourth-order valence-corrected chi connectivity index (χ4v) is 3.47. The second kappa shape index (κ2) is 5.28. The van der Waals surface area contributed by atoms with Crippen LogP contribution in [0, 0.1) is 6.92 Å². The third-order valence-corrected chi connectivity index (χ3v) is 4.83. The van der Waals surface area contributed by atoms with E-state index in [-0.39, 0.29) is 24.6 Å². The Hall–Kier alpha value is -1.44. The van der Waals surface area contributed by atoms with Gasteiger partial charge in [0.15, 0.2) is 0 Å². The van der Waals surface area contributed by atoms with Crippen molar-refractivity contribution in [3.05, 3.63) is 29.8 Å². The lowest BCUT2D eigenvalue weighted by Gasteiger charge is -2.30. The Morgan fingerprint density at radius 3 is 2.84 bits per heavy atom. The molecule has 1 aliphatic heterocycles. The first-order valence-electron chi connectivity index (χ1n) is 5.89. The molecule has 0 aliphatic carbocycles. The van der Waals surface area contributed by atoms with Gasteiger partial charge in [0.1, 0.15) is 6.10 Å². The van der Waals surface area contributed by atoms with Gasteiger partial charge < -0.3 is 10.5 Å². The average Bonchev–Trinajstić information content (AvgIpc) is 2.39. The van der Waals surface area contributed by atoms with E-state index in [1.165, 1.54) is 10.4 Å². The first-order valence-corrected chi connectivity index (χ1v) is 7.33. The predicted molar refractivity (Wildman–Crippen MR) is 68.9 cm³/mol. The van der Waals surface area contributed by atoms with Gasteiger partial charge in [-0.25, -0.2) is 8.42 Å². The van der Waals surface area contributed by atoms with E-state index in [0.29, 0.717) is 0 Å². The van der Waals surface area contributed by atoms with Crippen LogP contribution in [0.15, 0.2) is 29.2 Å². The number of rotatable bonds is 3. The highest BCUT2D eigenvalue weighted by Gasteiger charge is 2.33. The largest absolute Gasteiger partial charge is 0.367 e. The molecule has 19 heavy (non-hydrogen) atoms. The van der Waals surface area contributed by atoms with Gasteiger partial charge in [-0.05, 0) is 24.6 Å². The van der Waals surface area contributed by atoms with E-state index in [0.717, 1.165) is 5.56 Å². The van der Waals surface area contributed by atoms with Crippen molar-refractivity contribution in [3.63, 3.8) is 0 Å². The Balaban J connectivity index is 2.27. The van der Waals surface area contributed by atoms with E-state index in [1.54, 1.807) is 12.1 Å². The molecule has 104 valence electrons. The van der Waals surface area contributed by atoms with Crippen molar-refractivity contribution in [3.8, 4) is 0 Å². The Kier molecular flexibility index (Phi) is 3.88. The number of aryl methyl sites for hydroxylation is 1. The molecule has 0 spiro atoms. The number of hydrogen-bond donors (Lipinski definition) is 1. The van der Waals surface area contributed by atoms with Crippen molar-refractivity contribution in [2.45, 2.75) is 17.9 Å². The minimum Gasteiger partial charge on any atom is -0.367 e.